The lowest BCUT2D eigenvalue weighted by molar-refractivity contribution is -0.129. The van der Waals surface area contributed by atoms with Crippen molar-refractivity contribution in [1.29, 1.82) is 0 Å². The van der Waals surface area contributed by atoms with Gasteiger partial charge in [0.2, 0.25) is 5.90 Å². The van der Waals surface area contributed by atoms with E-state index in [1.54, 1.807) is 55.5 Å². The molecule has 3 aromatic rings. The van der Waals surface area contributed by atoms with Gasteiger partial charge in [-0.1, -0.05) is 24.3 Å². The van der Waals surface area contributed by atoms with Crippen LogP contribution < -0.4 is 14.2 Å². The highest BCUT2D eigenvalue weighted by atomic mass is 19.1. The van der Waals surface area contributed by atoms with Crippen LogP contribution in [0, 0.1) is 5.82 Å². The van der Waals surface area contributed by atoms with Crippen molar-refractivity contribution in [2.75, 3.05) is 13.7 Å². The van der Waals surface area contributed by atoms with Crippen molar-refractivity contribution in [1.82, 2.24) is 0 Å². The van der Waals surface area contributed by atoms with E-state index >= 15 is 0 Å². The number of rotatable bonds is 7. The number of halogens is 1. The third-order valence-electron chi connectivity index (χ3n) is 4.80. The van der Waals surface area contributed by atoms with E-state index in [-0.39, 0.29) is 22.9 Å². The largest absolute Gasteiger partial charge is 0.497 e. The fraction of sp³-hybridized carbons (Fsp3) is 0.115. The summed E-state index contributed by atoms with van der Waals surface area (Å²) in [6.07, 6.45) is 1.48. The Hall–Kier alpha value is -4.46. The molecular formula is C26H20FNO6. The molecule has 0 saturated carbocycles. The van der Waals surface area contributed by atoms with Gasteiger partial charge in [0, 0.05) is 0 Å². The predicted molar refractivity (Wildman–Crippen MR) is 123 cm³/mol. The van der Waals surface area contributed by atoms with Gasteiger partial charge in [0.15, 0.2) is 17.2 Å². The first-order valence-corrected chi connectivity index (χ1v) is 10.4. The van der Waals surface area contributed by atoms with Gasteiger partial charge < -0.3 is 18.9 Å². The minimum absolute atomic E-state index is 0.00169. The molecule has 8 heteroatoms. The second kappa shape index (κ2) is 9.99. The molecule has 3 aromatic carbocycles. The number of nitrogens with zero attached hydrogens (tertiary/aromatic N) is 1. The molecular weight excluding hydrogens is 441 g/mol. The topological polar surface area (TPSA) is 83.4 Å². The van der Waals surface area contributed by atoms with E-state index in [1.807, 2.05) is 0 Å². The lowest BCUT2D eigenvalue weighted by Gasteiger charge is -2.12. The number of hydrogen-bond acceptors (Lipinski definition) is 7. The molecule has 0 atom stereocenters. The van der Waals surface area contributed by atoms with Crippen LogP contribution in [0.1, 0.15) is 28.4 Å². The van der Waals surface area contributed by atoms with Gasteiger partial charge in [-0.05, 0) is 61.0 Å². The van der Waals surface area contributed by atoms with Crippen LogP contribution in [0.2, 0.25) is 0 Å². The predicted octanol–water partition coefficient (Wildman–Crippen LogP) is 4.80. The molecule has 0 spiro atoms. The van der Waals surface area contributed by atoms with Gasteiger partial charge in [0.05, 0.1) is 24.8 Å². The molecule has 0 saturated heterocycles. The maximum Gasteiger partial charge on any atom is 0.363 e. The summed E-state index contributed by atoms with van der Waals surface area (Å²) in [5.41, 5.74) is 0.961. The zero-order chi connectivity index (χ0) is 24.1. The van der Waals surface area contributed by atoms with Crippen molar-refractivity contribution < 1.29 is 32.9 Å². The molecule has 0 aliphatic carbocycles. The van der Waals surface area contributed by atoms with E-state index in [4.69, 9.17) is 18.9 Å². The van der Waals surface area contributed by atoms with Crippen LogP contribution in [-0.2, 0) is 9.53 Å². The normalized spacial score (nSPS) is 13.9. The van der Waals surface area contributed by atoms with Gasteiger partial charge >= 0.3 is 11.9 Å². The SMILES string of the molecule is CCOc1cc(C=C2N=C(c3ccccc3F)OC2=O)ccc1OC(=O)c1cccc(OC)c1. The highest BCUT2D eigenvalue weighted by Gasteiger charge is 2.26. The lowest BCUT2D eigenvalue weighted by atomic mass is 10.1. The van der Waals surface area contributed by atoms with Gasteiger partial charge in [0.25, 0.3) is 0 Å². The Labute approximate surface area is 195 Å². The fourth-order valence-corrected chi connectivity index (χ4v) is 3.19. The van der Waals surface area contributed by atoms with Crippen molar-refractivity contribution >= 4 is 23.9 Å². The highest BCUT2D eigenvalue weighted by Crippen LogP contribution is 2.31. The number of esters is 2. The first kappa shape index (κ1) is 22.7. The molecule has 0 unspecified atom stereocenters. The van der Waals surface area contributed by atoms with Crippen molar-refractivity contribution in [3.05, 3.63) is 94.9 Å². The summed E-state index contributed by atoms with van der Waals surface area (Å²) in [6.45, 7) is 2.11. The molecule has 4 rings (SSSR count). The van der Waals surface area contributed by atoms with E-state index < -0.39 is 17.8 Å². The highest BCUT2D eigenvalue weighted by molar-refractivity contribution is 6.13. The summed E-state index contributed by atoms with van der Waals surface area (Å²) in [7, 11) is 1.51. The van der Waals surface area contributed by atoms with Crippen molar-refractivity contribution in [3.63, 3.8) is 0 Å². The van der Waals surface area contributed by atoms with E-state index in [2.05, 4.69) is 4.99 Å². The Morgan fingerprint density at radius 1 is 1.06 bits per heavy atom. The smallest absolute Gasteiger partial charge is 0.363 e. The second-order valence-corrected chi connectivity index (χ2v) is 7.08. The number of benzene rings is 3. The number of carbonyl (C=O) groups excluding carboxylic acids is 2. The monoisotopic (exact) mass is 461 g/mol. The van der Waals surface area contributed by atoms with Crippen LogP contribution in [0.4, 0.5) is 4.39 Å². The van der Waals surface area contributed by atoms with Crippen molar-refractivity contribution in [3.8, 4) is 17.2 Å². The molecule has 0 fully saturated rings. The summed E-state index contributed by atoms with van der Waals surface area (Å²) in [5, 5.41) is 0. The van der Waals surface area contributed by atoms with Crippen LogP contribution in [0.25, 0.3) is 6.08 Å². The molecule has 34 heavy (non-hydrogen) atoms. The average Bonchev–Trinajstić information content (AvgIpc) is 3.20. The summed E-state index contributed by atoms with van der Waals surface area (Å²) in [6, 6.07) is 17.3. The van der Waals surface area contributed by atoms with Gasteiger partial charge in [-0.25, -0.2) is 19.0 Å². The Bertz CT molecular complexity index is 1310. The lowest BCUT2D eigenvalue weighted by Crippen LogP contribution is -2.10. The van der Waals surface area contributed by atoms with Gasteiger partial charge in [0.1, 0.15) is 11.6 Å². The van der Waals surface area contributed by atoms with Crippen LogP contribution >= 0.6 is 0 Å². The van der Waals surface area contributed by atoms with E-state index in [0.717, 1.165) is 0 Å². The van der Waals surface area contributed by atoms with Crippen LogP contribution in [-0.4, -0.2) is 31.6 Å². The Balaban J connectivity index is 1.60. The van der Waals surface area contributed by atoms with Crippen LogP contribution in [0.3, 0.4) is 0 Å². The maximum atomic E-state index is 14.0. The quantitative estimate of drug-likeness (QED) is 0.286. The minimum Gasteiger partial charge on any atom is -0.497 e. The summed E-state index contributed by atoms with van der Waals surface area (Å²) in [5.74, 6) is -0.895. The van der Waals surface area contributed by atoms with E-state index in [9.17, 15) is 14.0 Å². The Morgan fingerprint density at radius 3 is 2.65 bits per heavy atom. The van der Waals surface area contributed by atoms with Crippen LogP contribution in [0.5, 0.6) is 17.2 Å². The standard InChI is InChI=1S/C26H20FNO6/c1-3-32-23-14-16(11-12-22(23)33-25(29)17-7-6-8-18(15-17)31-2)13-21-26(30)34-24(28-21)19-9-4-5-10-20(19)27/h4-15H,3H2,1-2H3. The molecule has 0 aromatic heterocycles. The molecule has 0 bridgehead atoms. The van der Waals surface area contributed by atoms with E-state index in [1.165, 1.54) is 31.4 Å². The number of carbonyl (C=O) groups is 2. The average molecular weight is 461 g/mol. The van der Waals surface area contributed by atoms with Crippen LogP contribution in [0.15, 0.2) is 77.4 Å². The van der Waals surface area contributed by atoms with Gasteiger partial charge in [-0.2, -0.15) is 0 Å². The van der Waals surface area contributed by atoms with Crippen molar-refractivity contribution in [2.45, 2.75) is 6.92 Å². The number of aliphatic imine (C=N–C) groups is 1. The number of methoxy groups -OCH3 is 1. The zero-order valence-corrected chi connectivity index (χ0v) is 18.4. The fourth-order valence-electron chi connectivity index (χ4n) is 3.19. The molecule has 172 valence electrons. The van der Waals surface area contributed by atoms with Gasteiger partial charge in [-0.15, -0.1) is 0 Å². The minimum atomic E-state index is -0.704. The Kier molecular flexibility index (Phi) is 6.68. The molecule has 1 heterocycles. The molecule has 0 radical (unpaired) electrons. The number of hydrogen-bond donors (Lipinski definition) is 0. The third kappa shape index (κ3) is 4.96. The number of cyclic esters (lactones) is 1. The molecule has 1 aliphatic rings. The first-order valence-electron chi connectivity index (χ1n) is 10.4. The van der Waals surface area contributed by atoms with E-state index in [0.29, 0.717) is 29.2 Å². The third-order valence-corrected chi connectivity index (χ3v) is 4.80. The molecule has 7 nitrogen and oxygen atoms in total. The summed E-state index contributed by atoms with van der Waals surface area (Å²) < 4.78 is 35.4. The summed E-state index contributed by atoms with van der Waals surface area (Å²) >= 11 is 0. The number of ether oxygens (including phenoxy) is 4. The summed E-state index contributed by atoms with van der Waals surface area (Å²) in [4.78, 5) is 29.0. The van der Waals surface area contributed by atoms with Crippen molar-refractivity contribution in [2.24, 2.45) is 4.99 Å². The van der Waals surface area contributed by atoms with Gasteiger partial charge in [-0.3, -0.25) is 0 Å². The molecule has 0 amide bonds. The Morgan fingerprint density at radius 2 is 1.88 bits per heavy atom. The first-order chi connectivity index (χ1) is 16.5. The molecule has 1 aliphatic heterocycles. The zero-order valence-electron chi connectivity index (χ0n) is 18.4. The molecule has 0 N–H and O–H groups in total. The maximum absolute atomic E-state index is 14.0. The second-order valence-electron chi connectivity index (χ2n) is 7.08.